The first-order valence-electron chi connectivity index (χ1n) is 46.5. The molecular weight excluding hydrogens is 1650 g/mol. The predicted molar refractivity (Wildman–Crippen MR) is 576 cm³/mol. The summed E-state index contributed by atoms with van der Waals surface area (Å²) in [6.07, 6.45) is 4.38. The Morgan fingerprint density at radius 3 is 0.625 bits per heavy atom. The molecule has 0 saturated carbocycles. The molecule has 0 saturated heterocycles. The number of anilines is 12. The highest BCUT2D eigenvalue weighted by Crippen LogP contribution is 2.46. The molecule has 0 N–H and O–H groups in total. The third-order valence-electron chi connectivity index (χ3n) is 25.7. The van der Waals surface area contributed by atoms with E-state index in [0.29, 0.717) is 0 Å². The molecule has 1 aliphatic rings. The van der Waals surface area contributed by atoms with Crippen molar-refractivity contribution >= 4 is 146 Å². The van der Waals surface area contributed by atoms with E-state index in [1.165, 1.54) is 138 Å². The highest BCUT2D eigenvalue weighted by molar-refractivity contribution is 6.12. The van der Waals surface area contributed by atoms with E-state index in [9.17, 15) is 0 Å². The van der Waals surface area contributed by atoms with Gasteiger partial charge in [-0.15, -0.1) is 0 Å². The van der Waals surface area contributed by atoms with Crippen LogP contribution >= 0.6 is 0 Å². The van der Waals surface area contributed by atoms with Gasteiger partial charge in [0.15, 0.2) is 0 Å². The molecule has 3 aromatic heterocycles. The van der Waals surface area contributed by atoms with Crippen LogP contribution in [0.25, 0.3) is 106 Å². The van der Waals surface area contributed by atoms with Crippen LogP contribution in [0.5, 0.6) is 0 Å². The second kappa shape index (κ2) is 38.6. The van der Waals surface area contributed by atoms with Crippen LogP contribution < -0.4 is 19.6 Å². The summed E-state index contributed by atoms with van der Waals surface area (Å²) in [5.74, 6) is 0.118. The predicted octanol–water partition coefficient (Wildman–Crippen LogP) is 35.2. The Morgan fingerprint density at radius 2 is 0.346 bits per heavy atom. The van der Waals surface area contributed by atoms with Crippen LogP contribution in [-0.2, 0) is 0 Å². The Bertz CT molecular complexity index is 7430. The summed E-state index contributed by atoms with van der Waals surface area (Å²) in [7, 11) is 0. The zero-order valence-electron chi connectivity index (χ0n) is 75.0. The Hall–Kier alpha value is -18.0. The molecule has 0 amide bonds. The number of nitrogens with zero attached hydrogens (tertiary/aromatic N) is 7. The molecule has 0 spiro atoms. The summed E-state index contributed by atoms with van der Waals surface area (Å²) in [6.45, 7) is 0. The van der Waals surface area contributed by atoms with Gasteiger partial charge in [-0.3, -0.25) is 0 Å². The third kappa shape index (κ3) is 16.9. The van der Waals surface area contributed by atoms with E-state index in [2.05, 4.69) is 604 Å². The van der Waals surface area contributed by atoms with Crippen LogP contribution in [-0.4, -0.2) is 13.7 Å². The molecule has 0 unspecified atom stereocenters. The first-order valence-corrected chi connectivity index (χ1v) is 46.5. The third-order valence-corrected chi connectivity index (χ3v) is 25.7. The second-order valence-corrected chi connectivity index (χ2v) is 33.9. The molecule has 0 radical (unpaired) electrons. The maximum Gasteiger partial charge on any atom is 0.0541 e. The van der Waals surface area contributed by atoms with E-state index in [-0.39, 0.29) is 5.92 Å². The van der Waals surface area contributed by atoms with Gasteiger partial charge in [0.2, 0.25) is 0 Å². The number of hydrogen-bond donors (Lipinski definition) is 0. The van der Waals surface area contributed by atoms with Crippen molar-refractivity contribution in [2.45, 2.75) is 5.92 Å². The lowest BCUT2D eigenvalue weighted by Crippen LogP contribution is -2.13. The molecular formula is C129H95N7. The molecule has 7 heteroatoms. The van der Waals surface area contributed by atoms with Gasteiger partial charge in [-0.05, 0) is 245 Å². The van der Waals surface area contributed by atoms with E-state index in [0.717, 1.165) is 51.2 Å². The average Bonchev–Trinajstić information content (AvgIpc) is 1.63. The first kappa shape index (κ1) is 83.6. The Balaban J connectivity index is 0.000000116. The SMILES string of the molecule is C1=Cc2ccccc2N(c2ccccc2)c2ccccc21.c1ccc(-n2c3ccccc3c3ccccc32)cc1.c1ccc(C(c2ccccc2)c2ccc(N(c3ccc(N(c4ccccc4)c4ccccc4)cc3)c3ccc(N(c4ccccc4)c4ccccc4)cc3)cc2)cc1.c1ccc2c(c1)c1ccccc1n2-c1ccc(-c2ccc(-n3c4ccccc4c4ccccc43)cc2)cc1. The van der Waals surface area contributed by atoms with Crippen molar-refractivity contribution in [1.82, 2.24) is 13.7 Å². The minimum absolute atomic E-state index is 0.118. The summed E-state index contributed by atoms with van der Waals surface area (Å²) in [5.41, 5.74) is 33.1. The first-order chi connectivity index (χ1) is 67.5. The highest BCUT2D eigenvalue weighted by atomic mass is 15.2. The molecule has 646 valence electrons. The number of para-hydroxylation sites is 14. The molecule has 1 aliphatic heterocycles. The molecule has 0 aliphatic carbocycles. The van der Waals surface area contributed by atoms with E-state index in [4.69, 9.17) is 0 Å². The summed E-state index contributed by atoms with van der Waals surface area (Å²) in [4.78, 5) is 9.27. The van der Waals surface area contributed by atoms with Crippen LogP contribution in [0.15, 0.2) is 558 Å². The number of hydrogen-bond acceptors (Lipinski definition) is 4. The monoisotopic (exact) mass is 1740 g/mol. The Morgan fingerprint density at radius 1 is 0.147 bits per heavy atom. The van der Waals surface area contributed by atoms with Gasteiger partial charge in [-0.1, -0.05) is 364 Å². The molecule has 136 heavy (non-hydrogen) atoms. The van der Waals surface area contributed by atoms with Crippen molar-refractivity contribution in [3.63, 3.8) is 0 Å². The van der Waals surface area contributed by atoms with Crippen molar-refractivity contribution in [2.75, 3.05) is 19.6 Å². The van der Waals surface area contributed by atoms with E-state index in [1.54, 1.807) is 0 Å². The van der Waals surface area contributed by atoms with Crippen molar-refractivity contribution < 1.29 is 0 Å². The topological polar surface area (TPSA) is 27.8 Å². The van der Waals surface area contributed by atoms with Crippen molar-refractivity contribution in [1.29, 1.82) is 0 Å². The summed E-state index contributed by atoms with van der Waals surface area (Å²) in [6, 6.07) is 198. The minimum Gasteiger partial charge on any atom is -0.311 e. The van der Waals surface area contributed by atoms with Gasteiger partial charge in [-0.25, -0.2) is 0 Å². The van der Waals surface area contributed by atoms with Gasteiger partial charge in [0, 0.05) is 112 Å². The van der Waals surface area contributed by atoms with Crippen molar-refractivity contribution in [2.24, 2.45) is 0 Å². The van der Waals surface area contributed by atoms with Gasteiger partial charge in [-0.2, -0.15) is 0 Å². The van der Waals surface area contributed by atoms with Gasteiger partial charge < -0.3 is 33.3 Å². The van der Waals surface area contributed by atoms with E-state index in [1.807, 2.05) is 0 Å². The normalized spacial score (nSPS) is 11.4. The summed E-state index contributed by atoms with van der Waals surface area (Å²) < 4.78 is 7.05. The van der Waals surface area contributed by atoms with Crippen LogP contribution in [0.2, 0.25) is 0 Å². The van der Waals surface area contributed by atoms with Crippen LogP contribution in [0.1, 0.15) is 33.7 Å². The lowest BCUT2D eigenvalue weighted by atomic mass is 9.85. The second-order valence-electron chi connectivity index (χ2n) is 33.9. The number of benzene rings is 21. The van der Waals surface area contributed by atoms with Gasteiger partial charge >= 0.3 is 0 Å². The minimum atomic E-state index is 0.118. The summed E-state index contributed by atoms with van der Waals surface area (Å²) >= 11 is 0. The van der Waals surface area contributed by atoms with Crippen LogP contribution in [0.3, 0.4) is 0 Å². The molecule has 0 bridgehead atoms. The number of fused-ring (bicyclic) bond motifs is 11. The van der Waals surface area contributed by atoms with Gasteiger partial charge in [0.1, 0.15) is 0 Å². The summed E-state index contributed by atoms with van der Waals surface area (Å²) in [5, 5.41) is 7.75. The van der Waals surface area contributed by atoms with E-state index < -0.39 is 0 Å². The van der Waals surface area contributed by atoms with Crippen molar-refractivity contribution in [3.05, 3.63) is 586 Å². The lowest BCUT2D eigenvalue weighted by molar-refractivity contribution is 0.977. The fraction of sp³-hybridized carbons (Fsp3) is 0.00775. The smallest absolute Gasteiger partial charge is 0.0541 e. The van der Waals surface area contributed by atoms with Crippen molar-refractivity contribution in [3.8, 4) is 28.2 Å². The highest BCUT2D eigenvalue weighted by Gasteiger charge is 2.25. The Labute approximate surface area is 793 Å². The molecule has 0 atom stereocenters. The zero-order chi connectivity index (χ0) is 90.7. The quantitative estimate of drug-likeness (QED) is 0.0850. The maximum absolute atomic E-state index is 2.36. The molecule has 4 heterocycles. The fourth-order valence-corrected chi connectivity index (χ4v) is 19.4. The molecule has 0 fully saturated rings. The largest absolute Gasteiger partial charge is 0.311 e. The number of aromatic nitrogens is 3. The molecule has 25 rings (SSSR count). The molecule has 21 aromatic carbocycles. The van der Waals surface area contributed by atoms with Gasteiger partial charge in [0.05, 0.1) is 44.5 Å². The number of rotatable bonds is 17. The van der Waals surface area contributed by atoms with Crippen LogP contribution in [0.4, 0.5) is 68.2 Å². The van der Waals surface area contributed by atoms with Crippen LogP contribution in [0, 0.1) is 0 Å². The average molecular weight is 1740 g/mol. The fourth-order valence-electron chi connectivity index (χ4n) is 19.4. The molecule has 7 nitrogen and oxygen atoms in total. The zero-order valence-corrected chi connectivity index (χ0v) is 75.0. The Kier molecular flexibility index (Phi) is 23.7. The molecule has 24 aromatic rings. The maximum atomic E-state index is 2.36. The van der Waals surface area contributed by atoms with Gasteiger partial charge in [0.25, 0.3) is 0 Å². The van der Waals surface area contributed by atoms with E-state index >= 15 is 0 Å². The standard InChI is InChI=1S/C55H43N3.C36H24N2.C20H15N.C18H13N/c1-7-19-43(20-8-1)55(44-21-9-2-10-22-44)45-31-33-50(34-32-45)58(53-39-35-51(36-40-53)56(46-23-11-3-12-24-46)47-25-13-4-14-26-47)54-41-37-52(38-42-54)57(48-27-15-5-16-28-48)49-29-17-6-18-30-49;1-5-13-33-29(9-1)30-10-2-6-14-34(30)37(33)27-21-17-25(18-22-27)26-19-23-28(24-20-26)38-35-15-7-3-11-31(35)32-12-4-8-16-36(32)38;1-2-10-18(11-3-1)21-19-12-6-4-8-16(19)14-15-17-9-5-7-13-20(17)21;1-2-8-14(9-3-1)19-17-12-6-4-10-15(17)16-11-5-7-13-18(16)19/h1-42,55H;1-24H;1-15H;1-13H. The lowest BCUT2D eigenvalue weighted by Gasteiger charge is -2.30.